The topological polar surface area (TPSA) is 89.2 Å². The lowest BCUT2D eigenvalue weighted by Gasteiger charge is -2.45. The monoisotopic (exact) mass is 365 g/mol. The van der Waals surface area contributed by atoms with Crippen molar-refractivity contribution in [3.63, 3.8) is 0 Å². The Kier molecular flexibility index (Phi) is 3.99. The molecule has 0 amide bonds. The van der Waals surface area contributed by atoms with E-state index in [1.165, 1.54) is 6.42 Å². The minimum Gasteiger partial charge on any atom is -0.495 e. The van der Waals surface area contributed by atoms with Gasteiger partial charge in [-0.05, 0) is 53.7 Å². The van der Waals surface area contributed by atoms with E-state index in [1.54, 1.807) is 7.11 Å². The maximum Gasteiger partial charge on any atom is 0.220 e. The molecule has 0 atom stereocenters. The summed E-state index contributed by atoms with van der Waals surface area (Å²) in [5.41, 5.74) is 12.6. The zero-order chi connectivity index (χ0) is 15.7. The summed E-state index contributed by atoms with van der Waals surface area (Å²) in [4.78, 5) is 10.8. The lowest BCUT2D eigenvalue weighted by atomic mass is 9.87. The molecule has 1 saturated carbocycles. The van der Waals surface area contributed by atoms with E-state index in [2.05, 4.69) is 25.9 Å². The summed E-state index contributed by atoms with van der Waals surface area (Å²) in [5.74, 6) is 1.40. The van der Waals surface area contributed by atoms with Crippen LogP contribution in [-0.4, -0.2) is 24.7 Å². The number of guanidine groups is 2. The van der Waals surface area contributed by atoms with Crippen LogP contribution in [0.5, 0.6) is 5.75 Å². The fourth-order valence-electron chi connectivity index (χ4n) is 3.28. The fourth-order valence-corrected chi connectivity index (χ4v) is 3.69. The molecule has 1 aromatic carbocycles. The van der Waals surface area contributed by atoms with Gasteiger partial charge in [-0.2, -0.15) is 4.99 Å². The molecule has 1 aliphatic heterocycles. The second-order valence-corrected chi connectivity index (χ2v) is 6.49. The van der Waals surface area contributed by atoms with Crippen molar-refractivity contribution in [2.75, 3.05) is 12.0 Å². The molecule has 1 aliphatic carbocycles. The second kappa shape index (κ2) is 5.79. The molecular weight excluding hydrogens is 346 g/mol. The smallest absolute Gasteiger partial charge is 0.220 e. The van der Waals surface area contributed by atoms with E-state index in [0.717, 1.165) is 41.6 Å². The number of ether oxygens (including phenoxy) is 1. The summed E-state index contributed by atoms with van der Waals surface area (Å²) >= 11 is 3.47. The average Bonchev–Trinajstić information content (AvgIpc) is 2.48. The molecule has 2 aliphatic rings. The van der Waals surface area contributed by atoms with Gasteiger partial charge in [0, 0.05) is 6.07 Å². The lowest BCUT2D eigenvalue weighted by Crippen LogP contribution is -2.58. The van der Waals surface area contributed by atoms with Crippen LogP contribution in [0, 0.1) is 0 Å². The van der Waals surface area contributed by atoms with E-state index < -0.39 is 5.66 Å². The van der Waals surface area contributed by atoms with E-state index in [1.807, 2.05) is 23.1 Å². The molecule has 1 heterocycles. The van der Waals surface area contributed by atoms with E-state index in [4.69, 9.17) is 16.2 Å². The summed E-state index contributed by atoms with van der Waals surface area (Å²) in [6.45, 7) is 0. The first-order valence-corrected chi connectivity index (χ1v) is 8.18. The minimum atomic E-state index is -0.424. The van der Waals surface area contributed by atoms with Gasteiger partial charge in [-0.3, -0.25) is 4.90 Å². The Morgan fingerprint density at radius 3 is 2.64 bits per heavy atom. The van der Waals surface area contributed by atoms with Crippen LogP contribution in [0.3, 0.4) is 0 Å². The van der Waals surface area contributed by atoms with Gasteiger partial charge in [0.1, 0.15) is 11.4 Å². The van der Waals surface area contributed by atoms with Crippen LogP contribution in [0.25, 0.3) is 0 Å². The Labute approximate surface area is 138 Å². The van der Waals surface area contributed by atoms with Gasteiger partial charge in [0.15, 0.2) is 0 Å². The molecule has 6 nitrogen and oxygen atoms in total. The summed E-state index contributed by atoms with van der Waals surface area (Å²) in [6, 6.07) is 5.88. The number of halogens is 1. The molecule has 0 aromatic heterocycles. The second-order valence-electron chi connectivity index (χ2n) is 5.64. The number of hydrogen-bond donors (Lipinski definition) is 2. The van der Waals surface area contributed by atoms with Gasteiger partial charge in [-0.15, -0.1) is 0 Å². The number of benzene rings is 1. The molecular formula is C15H20BrN5O. The van der Waals surface area contributed by atoms with Gasteiger partial charge >= 0.3 is 0 Å². The van der Waals surface area contributed by atoms with Crippen LogP contribution in [0.15, 0.2) is 32.7 Å². The van der Waals surface area contributed by atoms with Gasteiger partial charge in [0.05, 0.1) is 17.3 Å². The highest BCUT2D eigenvalue weighted by molar-refractivity contribution is 9.10. The highest BCUT2D eigenvalue weighted by Crippen LogP contribution is 2.41. The maximum atomic E-state index is 6.20. The highest BCUT2D eigenvalue weighted by Gasteiger charge is 2.42. The predicted molar refractivity (Wildman–Crippen MR) is 92.2 cm³/mol. The van der Waals surface area contributed by atoms with Crippen LogP contribution < -0.4 is 21.1 Å². The third kappa shape index (κ3) is 2.54. The Morgan fingerprint density at radius 2 is 1.95 bits per heavy atom. The summed E-state index contributed by atoms with van der Waals surface area (Å²) in [5, 5.41) is 0. The van der Waals surface area contributed by atoms with E-state index in [0.29, 0.717) is 5.96 Å². The SMILES string of the molecule is COc1cc(N2C(N)=NC(N)=NC23CCCCC3)ccc1Br. The number of rotatable bonds is 2. The Hall–Kier alpha value is -1.76. The van der Waals surface area contributed by atoms with E-state index in [-0.39, 0.29) is 5.96 Å². The maximum absolute atomic E-state index is 6.20. The highest BCUT2D eigenvalue weighted by atomic mass is 79.9. The number of nitrogens with zero attached hydrogens (tertiary/aromatic N) is 3. The Morgan fingerprint density at radius 1 is 1.23 bits per heavy atom. The van der Waals surface area contributed by atoms with Crippen molar-refractivity contribution in [2.24, 2.45) is 21.5 Å². The first-order chi connectivity index (χ1) is 10.6. The zero-order valence-electron chi connectivity index (χ0n) is 12.6. The van der Waals surface area contributed by atoms with Crippen LogP contribution in [0.4, 0.5) is 5.69 Å². The van der Waals surface area contributed by atoms with Crippen molar-refractivity contribution >= 4 is 33.5 Å². The molecule has 1 spiro atoms. The number of nitrogens with two attached hydrogens (primary N) is 2. The van der Waals surface area contributed by atoms with Crippen molar-refractivity contribution in [3.05, 3.63) is 22.7 Å². The number of hydrogen-bond acceptors (Lipinski definition) is 6. The number of anilines is 1. The van der Waals surface area contributed by atoms with Crippen LogP contribution >= 0.6 is 15.9 Å². The predicted octanol–water partition coefficient (Wildman–Crippen LogP) is 2.57. The summed E-state index contributed by atoms with van der Waals surface area (Å²) < 4.78 is 6.29. The van der Waals surface area contributed by atoms with Crippen molar-refractivity contribution < 1.29 is 4.74 Å². The Bertz CT molecular complexity index is 637. The van der Waals surface area contributed by atoms with Crippen molar-refractivity contribution in [1.82, 2.24) is 0 Å². The molecule has 3 rings (SSSR count). The van der Waals surface area contributed by atoms with Crippen LogP contribution in [0.2, 0.25) is 0 Å². The molecule has 0 unspecified atom stereocenters. The molecule has 0 bridgehead atoms. The molecule has 0 radical (unpaired) electrons. The van der Waals surface area contributed by atoms with Crippen molar-refractivity contribution in [2.45, 2.75) is 37.8 Å². The van der Waals surface area contributed by atoms with Gasteiger partial charge in [0.25, 0.3) is 0 Å². The normalized spacial score (nSPS) is 20.5. The third-order valence-electron chi connectivity index (χ3n) is 4.24. The molecule has 22 heavy (non-hydrogen) atoms. The first kappa shape index (κ1) is 15.1. The van der Waals surface area contributed by atoms with E-state index in [9.17, 15) is 0 Å². The van der Waals surface area contributed by atoms with Crippen LogP contribution in [-0.2, 0) is 0 Å². The third-order valence-corrected chi connectivity index (χ3v) is 4.90. The van der Waals surface area contributed by atoms with Gasteiger partial charge in [0.2, 0.25) is 11.9 Å². The number of aliphatic imine (C=N–C) groups is 2. The number of methoxy groups -OCH3 is 1. The van der Waals surface area contributed by atoms with E-state index >= 15 is 0 Å². The zero-order valence-corrected chi connectivity index (χ0v) is 14.1. The fraction of sp³-hybridized carbons (Fsp3) is 0.467. The largest absolute Gasteiger partial charge is 0.495 e. The van der Waals surface area contributed by atoms with Crippen LogP contribution in [0.1, 0.15) is 32.1 Å². The van der Waals surface area contributed by atoms with Crippen molar-refractivity contribution in [3.8, 4) is 5.75 Å². The molecule has 1 fully saturated rings. The molecule has 4 N–H and O–H groups in total. The van der Waals surface area contributed by atoms with Gasteiger partial charge < -0.3 is 16.2 Å². The first-order valence-electron chi connectivity index (χ1n) is 7.39. The van der Waals surface area contributed by atoms with Crippen molar-refractivity contribution in [1.29, 1.82) is 0 Å². The quantitative estimate of drug-likeness (QED) is 0.842. The average molecular weight is 366 g/mol. The summed E-state index contributed by atoms with van der Waals surface area (Å²) in [6.07, 6.45) is 5.26. The molecule has 1 aromatic rings. The standard InChI is InChI=1S/C15H20BrN5O/c1-22-12-9-10(5-6-11(12)16)21-14(18)19-13(17)20-15(21)7-3-2-4-8-15/h5-6,9H,2-4,7-8H2,1H3,(H4,17,18,19,20). The van der Waals surface area contributed by atoms with Gasteiger partial charge in [-0.25, -0.2) is 4.99 Å². The molecule has 118 valence electrons. The lowest BCUT2D eigenvalue weighted by molar-refractivity contribution is 0.305. The van der Waals surface area contributed by atoms with Gasteiger partial charge in [-0.1, -0.05) is 6.42 Å². The molecule has 7 heteroatoms. The minimum absolute atomic E-state index is 0.264. The Balaban J connectivity index is 2.08. The summed E-state index contributed by atoms with van der Waals surface area (Å²) in [7, 11) is 1.64. The molecule has 0 saturated heterocycles.